The van der Waals surface area contributed by atoms with Crippen molar-refractivity contribution in [2.24, 2.45) is 4.99 Å². The van der Waals surface area contributed by atoms with Crippen molar-refractivity contribution in [2.45, 2.75) is 19.3 Å². The van der Waals surface area contributed by atoms with E-state index < -0.39 is 0 Å². The highest BCUT2D eigenvalue weighted by atomic mass is 127. The molecule has 2 N–H and O–H groups in total. The van der Waals surface area contributed by atoms with Gasteiger partial charge in [0.15, 0.2) is 5.96 Å². The second kappa shape index (κ2) is 10.9. The third-order valence-electron chi connectivity index (χ3n) is 2.68. The molecule has 0 saturated carbocycles. The molecule has 1 rings (SSSR count). The fourth-order valence-corrected chi connectivity index (χ4v) is 2.31. The minimum absolute atomic E-state index is 0. The number of nitrogens with zero attached hydrogens (tertiary/aromatic N) is 1. The number of methoxy groups -OCH3 is 1. The van der Waals surface area contributed by atoms with E-state index in [1.807, 2.05) is 0 Å². The van der Waals surface area contributed by atoms with Gasteiger partial charge in [-0.1, -0.05) is 13.0 Å². The van der Waals surface area contributed by atoms with Crippen LogP contribution in [-0.4, -0.2) is 39.2 Å². The molecule has 0 amide bonds. The minimum Gasteiger partial charge on any atom is -0.469 e. The number of carbonyl (C=O) groups is 1. The number of hydrogen-bond donors (Lipinski definition) is 2. The van der Waals surface area contributed by atoms with Crippen molar-refractivity contribution >= 4 is 47.2 Å². The van der Waals surface area contributed by atoms with Gasteiger partial charge in [-0.3, -0.25) is 9.79 Å². The van der Waals surface area contributed by atoms with E-state index >= 15 is 0 Å². The zero-order valence-electron chi connectivity index (χ0n) is 12.0. The number of halogens is 1. The summed E-state index contributed by atoms with van der Waals surface area (Å²) in [6, 6.07) is 4.18. The van der Waals surface area contributed by atoms with Gasteiger partial charge in [-0.15, -0.1) is 35.3 Å². The van der Waals surface area contributed by atoms with Crippen molar-refractivity contribution in [2.75, 3.05) is 27.2 Å². The van der Waals surface area contributed by atoms with Gasteiger partial charge in [-0.25, -0.2) is 0 Å². The Balaban J connectivity index is 0.00000361. The average molecular weight is 411 g/mol. The lowest BCUT2D eigenvalue weighted by Crippen LogP contribution is -2.39. The quantitative estimate of drug-likeness (QED) is 0.326. The van der Waals surface area contributed by atoms with E-state index in [0.29, 0.717) is 24.8 Å². The van der Waals surface area contributed by atoms with Crippen LogP contribution in [0.25, 0.3) is 0 Å². The smallest absolute Gasteiger partial charge is 0.307 e. The predicted molar refractivity (Wildman–Crippen MR) is 94.1 cm³/mol. The summed E-state index contributed by atoms with van der Waals surface area (Å²) in [4.78, 5) is 16.4. The number of ether oxygens (including phenoxy) is 1. The lowest BCUT2D eigenvalue weighted by atomic mass is 10.1. The molecular formula is C13H22IN3O2S. The Morgan fingerprint density at radius 3 is 2.80 bits per heavy atom. The molecule has 114 valence electrons. The van der Waals surface area contributed by atoms with Crippen LogP contribution in [0.15, 0.2) is 22.5 Å². The monoisotopic (exact) mass is 411 g/mol. The fraction of sp³-hybridized carbons (Fsp3) is 0.538. The van der Waals surface area contributed by atoms with Gasteiger partial charge < -0.3 is 15.4 Å². The topological polar surface area (TPSA) is 62.7 Å². The highest BCUT2D eigenvalue weighted by Gasteiger charge is 2.07. The SMILES string of the molecule is CN=C(NCCC(=O)OC)NCC(C)c1cccs1.I. The maximum Gasteiger partial charge on any atom is 0.307 e. The van der Waals surface area contributed by atoms with Gasteiger partial charge in [-0.2, -0.15) is 0 Å². The van der Waals surface area contributed by atoms with Crippen molar-refractivity contribution in [3.8, 4) is 0 Å². The van der Waals surface area contributed by atoms with Gasteiger partial charge in [0.2, 0.25) is 0 Å². The summed E-state index contributed by atoms with van der Waals surface area (Å²) in [5.74, 6) is 0.904. The van der Waals surface area contributed by atoms with Crippen LogP contribution >= 0.6 is 35.3 Å². The Bertz CT molecular complexity index is 410. The molecule has 0 aliphatic carbocycles. The molecule has 0 aliphatic rings. The number of nitrogens with one attached hydrogen (secondary N) is 2. The zero-order chi connectivity index (χ0) is 14.1. The normalized spacial score (nSPS) is 12.2. The molecule has 20 heavy (non-hydrogen) atoms. The third kappa shape index (κ3) is 7.09. The highest BCUT2D eigenvalue weighted by molar-refractivity contribution is 14.0. The minimum atomic E-state index is -0.227. The molecule has 1 aromatic rings. The molecule has 0 aliphatic heterocycles. The van der Waals surface area contributed by atoms with Gasteiger partial charge in [0.25, 0.3) is 0 Å². The van der Waals surface area contributed by atoms with E-state index in [-0.39, 0.29) is 29.9 Å². The first kappa shape index (κ1) is 19.2. The number of thiophene rings is 1. The molecule has 0 aromatic carbocycles. The number of hydrogen-bond acceptors (Lipinski definition) is 4. The summed E-state index contributed by atoms with van der Waals surface area (Å²) >= 11 is 1.75. The molecule has 0 bridgehead atoms. The van der Waals surface area contributed by atoms with Gasteiger partial charge in [0, 0.05) is 30.9 Å². The summed E-state index contributed by atoms with van der Waals surface area (Å²) in [5, 5.41) is 8.40. The van der Waals surface area contributed by atoms with Crippen molar-refractivity contribution in [1.82, 2.24) is 10.6 Å². The van der Waals surface area contributed by atoms with E-state index in [1.54, 1.807) is 18.4 Å². The molecule has 1 aromatic heterocycles. The number of rotatable bonds is 6. The average Bonchev–Trinajstić information content (AvgIpc) is 2.96. The first-order chi connectivity index (χ1) is 9.17. The van der Waals surface area contributed by atoms with Crippen LogP contribution in [0.4, 0.5) is 0 Å². The van der Waals surface area contributed by atoms with Crippen LogP contribution in [0.1, 0.15) is 24.1 Å². The van der Waals surface area contributed by atoms with Crippen molar-refractivity contribution < 1.29 is 9.53 Å². The Morgan fingerprint density at radius 1 is 1.50 bits per heavy atom. The van der Waals surface area contributed by atoms with Crippen molar-refractivity contribution in [3.05, 3.63) is 22.4 Å². The second-order valence-corrected chi connectivity index (χ2v) is 5.10. The van der Waals surface area contributed by atoms with Crippen molar-refractivity contribution in [1.29, 1.82) is 0 Å². The molecule has 0 radical (unpaired) electrons. The Hall–Kier alpha value is -0.830. The predicted octanol–water partition coefficient (Wildman–Crippen LogP) is 2.20. The molecule has 1 heterocycles. The van der Waals surface area contributed by atoms with Crippen LogP contribution in [-0.2, 0) is 9.53 Å². The number of aliphatic imine (C=N–C) groups is 1. The molecule has 7 heteroatoms. The number of guanidine groups is 1. The first-order valence-electron chi connectivity index (χ1n) is 6.22. The van der Waals surface area contributed by atoms with E-state index in [0.717, 1.165) is 6.54 Å². The third-order valence-corrected chi connectivity index (χ3v) is 3.78. The Labute approximate surface area is 141 Å². The Kier molecular flexibility index (Phi) is 10.4. The molecule has 1 unspecified atom stereocenters. The van der Waals surface area contributed by atoms with Gasteiger partial charge >= 0.3 is 5.97 Å². The van der Waals surface area contributed by atoms with Crippen LogP contribution in [0.3, 0.4) is 0 Å². The lowest BCUT2D eigenvalue weighted by molar-refractivity contribution is -0.140. The maximum absolute atomic E-state index is 11.0. The Morgan fingerprint density at radius 2 is 2.25 bits per heavy atom. The highest BCUT2D eigenvalue weighted by Crippen LogP contribution is 2.19. The molecule has 0 fully saturated rings. The van der Waals surface area contributed by atoms with E-state index in [1.165, 1.54) is 12.0 Å². The maximum atomic E-state index is 11.0. The van der Waals surface area contributed by atoms with Gasteiger partial charge in [0.1, 0.15) is 0 Å². The summed E-state index contributed by atoms with van der Waals surface area (Å²) < 4.78 is 4.57. The fourth-order valence-electron chi connectivity index (χ4n) is 1.53. The zero-order valence-corrected chi connectivity index (χ0v) is 15.2. The van der Waals surface area contributed by atoms with Crippen LogP contribution in [0.2, 0.25) is 0 Å². The first-order valence-corrected chi connectivity index (χ1v) is 7.10. The van der Waals surface area contributed by atoms with Crippen molar-refractivity contribution in [3.63, 3.8) is 0 Å². The van der Waals surface area contributed by atoms with E-state index in [2.05, 4.69) is 44.8 Å². The number of esters is 1. The molecule has 0 spiro atoms. The largest absolute Gasteiger partial charge is 0.469 e. The second-order valence-electron chi connectivity index (χ2n) is 4.12. The van der Waals surface area contributed by atoms with E-state index in [9.17, 15) is 4.79 Å². The van der Waals surface area contributed by atoms with Crippen LogP contribution in [0.5, 0.6) is 0 Å². The van der Waals surface area contributed by atoms with Gasteiger partial charge in [-0.05, 0) is 11.4 Å². The van der Waals surface area contributed by atoms with Gasteiger partial charge in [0.05, 0.1) is 13.5 Å². The van der Waals surface area contributed by atoms with E-state index in [4.69, 9.17) is 0 Å². The number of carbonyl (C=O) groups excluding carboxylic acids is 1. The summed E-state index contributed by atoms with van der Waals surface area (Å²) in [6.45, 7) is 3.48. The molecule has 5 nitrogen and oxygen atoms in total. The van der Waals surface area contributed by atoms with Crippen LogP contribution < -0.4 is 10.6 Å². The molecule has 1 atom stereocenters. The molecular weight excluding hydrogens is 389 g/mol. The summed E-state index contributed by atoms with van der Waals surface area (Å²) in [7, 11) is 3.10. The summed E-state index contributed by atoms with van der Waals surface area (Å²) in [6.07, 6.45) is 0.331. The van der Waals surface area contributed by atoms with Crippen LogP contribution in [0, 0.1) is 0 Å². The standard InChI is InChI=1S/C13H21N3O2S.HI/c1-10(11-5-4-8-19-11)9-16-13(14-2)15-7-6-12(17)18-3;/h4-5,8,10H,6-7,9H2,1-3H3,(H2,14,15,16);1H. The summed E-state index contributed by atoms with van der Waals surface area (Å²) in [5.41, 5.74) is 0. The molecule has 0 saturated heterocycles. The lowest BCUT2D eigenvalue weighted by Gasteiger charge is -2.14.